The second-order valence-corrected chi connectivity index (χ2v) is 5.09. The quantitative estimate of drug-likeness (QED) is 0.857. The van der Waals surface area contributed by atoms with Gasteiger partial charge in [0.15, 0.2) is 0 Å². The predicted molar refractivity (Wildman–Crippen MR) is 81.1 cm³/mol. The first kappa shape index (κ1) is 14.6. The molecule has 0 unspecified atom stereocenters. The monoisotopic (exact) mass is 290 g/mol. The molecule has 0 atom stereocenters. The van der Waals surface area contributed by atoms with Crippen LogP contribution >= 0.6 is 11.5 Å². The van der Waals surface area contributed by atoms with Crippen LogP contribution < -0.4 is 10.6 Å². The van der Waals surface area contributed by atoms with Gasteiger partial charge in [-0.3, -0.25) is 4.79 Å². The van der Waals surface area contributed by atoms with Gasteiger partial charge in [-0.15, -0.1) is 5.10 Å². The number of carbonyl (C=O) groups is 1. The van der Waals surface area contributed by atoms with Crippen molar-refractivity contribution in [2.75, 3.05) is 11.9 Å². The Balaban J connectivity index is 2.08. The largest absolute Gasteiger partial charge is 0.321 e. The average molecular weight is 290 g/mol. The van der Waals surface area contributed by atoms with Crippen LogP contribution in [0.4, 0.5) is 5.69 Å². The molecular weight excluding hydrogens is 272 g/mol. The van der Waals surface area contributed by atoms with Gasteiger partial charge in [0.2, 0.25) is 0 Å². The molecule has 1 amide bonds. The molecule has 0 fully saturated rings. The highest BCUT2D eigenvalue weighted by molar-refractivity contribution is 7.08. The molecule has 0 aliphatic carbocycles. The van der Waals surface area contributed by atoms with Gasteiger partial charge in [0.05, 0.1) is 5.69 Å². The van der Waals surface area contributed by atoms with Gasteiger partial charge in [-0.1, -0.05) is 30.5 Å². The lowest BCUT2D eigenvalue weighted by molar-refractivity contribution is 0.102. The minimum absolute atomic E-state index is 0.141. The first-order chi connectivity index (χ1) is 9.74. The van der Waals surface area contributed by atoms with Gasteiger partial charge < -0.3 is 10.6 Å². The van der Waals surface area contributed by atoms with Gasteiger partial charge in [-0.25, -0.2) is 0 Å². The smallest absolute Gasteiger partial charge is 0.269 e. The van der Waals surface area contributed by atoms with E-state index in [-0.39, 0.29) is 5.91 Å². The first-order valence-corrected chi connectivity index (χ1v) is 7.44. The minimum Gasteiger partial charge on any atom is -0.321 e. The predicted octanol–water partition coefficient (Wildman–Crippen LogP) is 2.46. The molecule has 2 aromatic rings. The normalized spacial score (nSPS) is 10.5. The molecule has 0 radical (unpaired) electrons. The number of amides is 1. The molecule has 1 aromatic carbocycles. The second kappa shape index (κ2) is 7.12. The highest BCUT2D eigenvalue weighted by atomic mass is 32.1. The maximum Gasteiger partial charge on any atom is 0.269 e. The van der Waals surface area contributed by atoms with Crippen LogP contribution in [0.25, 0.3) is 0 Å². The van der Waals surface area contributed by atoms with E-state index in [0.717, 1.165) is 41.6 Å². The van der Waals surface area contributed by atoms with E-state index in [9.17, 15) is 4.79 Å². The molecule has 0 saturated heterocycles. The van der Waals surface area contributed by atoms with Crippen LogP contribution in [0, 0.1) is 0 Å². The molecular formula is C14H18N4OS. The standard InChI is InChI=1S/C14H18N4OS/c1-3-12-13(20-18-17-12)14(19)16-11-7-5-6-10(8-11)9-15-4-2/h5-8,15H,3-4,9H2,1-2H3,(H,16,19). The molecule has 0 spiro atoms. The Morgan fingerprint density at radius 1 is 1.35 bits per heavy atom. The fraction of sp³-hybridized carbons (Fsp3) is 0.357. The first-order valence-electron chi connectivity index (χ1n) is 6.66. The third-order valence-corrected chi connectivity index (χ3v) is 3.63. The van der Waals surface area contributed by atoms with Gasteiger partial charge in [0.1, 0.15) is 4.88 Å². The van der Waals surface area contributed by atoms with E-state index in [4.69, 9.17) is 0 Å². The summed E-state index contributed by atoms with van der Waals surface area (Å²) >= 11 is 1.13. The number of benzene rings is 1. The van der Waals surface area contributed by atoms with Crippen molar-refractivity contribution < 1.29 is 4.79 Å². The molecule has 0 saturated carbocycles. The Morgan fingerprint density at radius 2 is 2.20 bits per heavy atom. The van der Waals surface area contributed by atoms with Gasteiger partial charge in [0.25, 0.3) is 5.91 Å². The summed E-state index contributed by atoms with van der Waals surface area (Å²) < 4.78 is 3.83. The summed E-state index contributed by atoms with van der Waals surface area (Å²) in [6.45, 7) is 5.74. The van der Waals surface area contributed by atoms with Crippen molar-refractivity contribution in [3.05, 3.63) is 40.4 Å². The zero-order valence-corrected chi connectivity index (χ0v) is 12.5. The molecule has 2 rings (SSSR count). The number of aryl methyl sites for hydroxylation is 1. The minimum atomic E-state index is -0.141. The summed E-state index contributed by atoms with van der Waals surface area (Å²) in [6.07, 6.45) is 0.708. The van der Waals surface area contributed by atoms with E-state index in [0.29, 0.717) is 11.3 Å². The average Bonchev–Trinajstić information content (AvgIpc) is 2.94. The van der Waals surface area contributed by atoms with E-state index < -0.39 is 0 Å². The van der Waals surface area contributed by atoms with Crippen LogP contribution in [0.2, 0.25) is 0 Å². The molecule has 5 nitrogen and oxygen atoms in total. The summed E-state index contributed by atoms with van der Waals surface area (Å²) in [4.78, 5) is 12.8. The van der Waals surface area contributed by atoms with Gasteiger partial charge in [0, 0.05) is 12.2 Å². The summed E-state index contributed by atoms with van der Waals surface area (Å²) in [5.74, 6) is -0.141. The number of hydrogen-bond donors (Lipinski definition) is 2. The third-order valence-electron chi connectivity index (χ3n) is 2.86. The van der Waals surface area contributed by atoms with Crippen molar-refractivity contribution in [3.63, 3.8) is 0 Å². The maximum absolute atomic E-state index is 12.2. The topological polar surface area (TPSA) is 66.9 Å². The number of hydrogen-bond acceptors (Lipinski definition) is 5. The third kappa shape index (κ3) is 3.61. The van der Waals surface area contributed by atoms with Crippen molar-refractivity contribution in [1.29, 1.82) is 0 Å². The number of nitrogens with zero attached hydrogens (tertiary/aromatic N) is 2. The number of carbonyl (C=O) groups excluding carboxylic acids is 1. The molecule has 20 heavy (non-hydrogen) atoms. The molecule has 6 heteroatoms. The van der Waals surface area contributed by atoms with Crippen LogP contribution in [-0.2, 0) is 13.0 Å². The van der Waals surface area contributed by atoms with Crippen LogP contribution in [0.5, 0.6) is 0 Å². The van der Waals surface area contributed by atoms with Gasteiger partial charge >= 0.3 is 0 Å². The zero-order chi connectivity index (χ0) is 14.4. The summed E-state index contributed by atoms with van der Waals surface area (Å²) in [5, 5.41) is 10.1. The highest BCUT2D eigenvalue weighted by Crippen LogP contribution is 2.16. The lowest BCUT2D eigenvalue weighted by atomic mass is 10.2. The molecule has 2 N–H and O–H groups in total. The Hall–Kier alpha value is -1.79. The second-order valence-electron chi connectivity index (χ2n) is 4.34. The molecule has 0 aliphatic rings. The number of aromatic nitrogens is 2. The Kier molecular flexibility index (Phi) is 5.20. The van der Waals surface area contributed by atoms with Crippen LogP contribution in [0.3, 0.4) is 0 Å². The molecule has 0 aliphatic heterocycles. The lowest BCUT2D eigenvalue weighted by Crippen LogP contribution is -2.14. The SMILES string of the molecule is CCNCc1cccc(NC(=O)c2snnc2CC)c1. The zero-order valence-electron chi connectivity index (χ0n) is 11.6. The summed E-state index contributed by atoms with van der Waals surface area (Å²) in [5.41, 5.74) is 2.68. The Bertz CT molecular complexity index is 582. The lowest BCUT2D eigenvalue weighted by Gasteiger charge is -2.07. The van der Waals surface area contributed by atoms with Crippen molar-refractivity contribution >= 4 is 23.1 Å². The highest BCUT2D eigenvalue weighted by Gasteiger charge is 2.15. The maximum atomic E-state index is 12.2. The van der Waals surface area contributed by atoms with Crippen LogP contribution in [0.15, 0.2) is 24.3 Å². The fourth-order valence-corrected chi connectivity index (χ4v) is 2.47. The van der Waals surface area contributed by atoms with Gasteiger partial charge in [-0.05, 0) is 42.2 Å². The number of rotatable bonds is 6. The fourth-order valence-electron chi connectivity index (χ4n) is 1.83. The number of anilines is 1. The van der Waals surface area contributed by atoms with Crippen molar-refractivity contribution in [2.24, 2.45) is 0 Å². The van der Waals surface area contributed by atoms with E-state index in [1.807, 2.05) is 31.2 Å². The summed E-state index contributed by atoms with van der Waals surface area (Å²) in [6, 6.07) is 7.83. The molecule has 1 heterocycles. The van der Waals surface area contributed by atoms with E-state index in [2.05, 4.69) is 27.1 Å². The van der Waals surface area contributed by atoms with E-state index >= 15 is 0 Å². The Morgan fingerprint density at radius 3 is 2.95 bits per heavy atom. The summed E-state index contributed by atoms with van der Waals surface area (Å²) in [7, 11) is 0. The van der Waals surface area contributed by atoms with Crippen molar-refractivity contribution in [3.8, 4) is 0 Å². The van der Waals surface area contributed by atoms with Crippen molar-refractivity contribution in [1.82, 2.24) is 14.9 Å². The van der Waals surface area contributed by atoms with Crippen molar-refractivity contribution in [2.45, 2.75) is 26.8 Å². The number of nitrogens with one attached hydrogen (secondary N) is 2. The molecule has 1 aromatic heterocycles. The van der Waals surface area contributed by atoms with E-state index in [1.165, 1.54) is 0 Å². The molecule has 0 bridgehead atoms. The van der Waals surface area contributed by atoms with Crippen LogP contribution in [0.1, 0.15) is 34.8 Å². The van der Waals surface area contributed by atoms with Crippen LogP contribution in [-0.4, -0.2) is 22.0 Å². The Labute approximate surface area is 122 Å². The van der Waals surface area contributed by atoms with E-state index in [1.54, 1.807) is 0 Å². The van der Waals surface area contributed by atoms with Gasteiger partial charge in [-0.2, -0.15) is 0 Å². The molecule has 106 valence electrons.